The van der Waals surface area contributed by atoms with Gasteiger partial charge in [0.1, 0.15) is 0 Å². The van der Waals surface area contributed by atoms with Gasteiger partial charge in [0.2, 0.25) is 0 Å². The van der Waals surface area contributed by atoms with Gasteiger partial charge < -0.3 is 19.9 Å². The summed E-state index contributed by atoms with van der Waals surface area (Å²) in [6.07, 6.45) is 5.56. The number of ether oxygens (including phenoxy) is 1. The third kappa shape index (κ3) is 4.82. The number of carbonyl (C=O) groups is 1. The number of urea groups is 1. The van der Waals surface area contributed by atoms with Crippen LogP contribution in [0.3, 0.4) is 0 Å². The van der Waals surface area contributed by atoms with Crippen molar-refractivity contribution in [1.82, 2.24) is 15.2 Å². The lowest BCUT2D eigenvalue weighted by molar-refractivity contribution is 0.154. The zero-order chi connectivity index (χ0) is 16.7. The number of methoxy groups -OCH3 is 1. The first kappa shape index (κ1) is 17.5. The van der Waals surface area contributed by atoms with E-state index in [-0.39, 0.29) is 12.1 Å². The Hall–Kier alpha value is -1.82. The van der Waals surface area contributed by atoms with Gasteiger partial charge in [0.05, 0.1) is 12.6 Å². The molecule has 0 saturated carbocycles. The van der Waals surface area contributed by atoms with Crippen LogP contribution in [0.25, 0.3) is 0 Å². The lowest BCUT2D eigenvalue weighted by atomic mass is 10.2. The summed E-state index contributed by atoms with van der Waals surface area (Å²) in [7, 11) is 1.66. The number of aryl methyl sites for hydroxylation is 1. The maximum atomic E-state index is 12.4. The lowest BCUT2D eigenvalue weighted by Crippen LogP contribution is -2.47. The lowest BCUT2D eigenvalue weighted by Gasteiger charge is -2.26. The van der Waals surface area contributed by atoms with Crippen molar-refractivity contribution in [2.24, 2.45) is 0 Å². The molecule has 1 fully saturated rings. The minimum atomic E-state index is 0.0159. The number of carbonyl (C=O) groups excluding carboxylic acids is 1. The molecule has 23 heavy (non-hydrogen) atoms. The Bertz CT molecular complexity index is 509. The summed E-state index contributed by atoms with van der Waals surface area (Å²) < 4.78 is 5.15. The molecule has 128 valence electrons. The fraction of sp³-hybridized carbons (Fsp3) is 0.647. The summed E-state index contributed by atoms with van der Waals surface area (Å²) in [6.45, 7) is 8.02. The summed E-state index contributed by atoms with van der Waals surface area (Å²) >= 11 is 0. The predicted octanol–water partition coefficient (Wildman–Crippen LogP) is 2.04. The van der Waals surface area contributed by atoms with Gasteiger partial charge in [0.15, 0.2) is 0 Å². The molecule has 0 aromatic carbocycles. The molecule has 1 aliphatic rings. The number of anilines is 1. The number of hydrogen-bond donors (Lipinski definition) is 1. The highest BCUT2D eigenvalue weighted by atomic mass is 16.5. The van der Waals surface area contributed by atoms with Crippen LogP contribution in [0, 0.1) is 6.92 Å². The van der Waals surface area contributed by atoms with Gasteiger partial charge in [0, 0.05) is 51.4 Å². The first-order chi connectivity index (χ1) is 11.2. The smallest absolute Gasteiger partial charge is 0.317 e. The number of pyridine rings is 1. The predicted molar refractivity (Wildman–Crippen MR) is 91.9 cm³/mol. The van der Waals surface area contributed by atoms with Gasteiger partial charge in [-0.25, -0.2) is 4.79 Å². The molecule has 1 N–H and O–H groups in total. The fourth-order valence-corrected chi connectivity index (χ4v) is 2.91. The number of nitrogens with zero attached hydrogens (tertiary/aromatic N) is 3. The Morgan fingerprint density at radius 1 is 1.39 bits per heavy atom. The second-order valence-corrected chi connectivity index (χ2v) is 6.00. The van der Waals surface area contributed by atoms with E-state index in [2.05, 4.69) is 35.1 Å². The van der Waals surface area contributed by atoms with Gasteiger partial charge >= 0.3 is 6.03 Å². The molecule has 0 bridgehead atoms. The van der Waals surface area contributed by atoms with E-state index in [0.717, 1.165) is 39.0 Å². The summed E-state index contributed by atoms with van der Waals surface area (Å²) in [5.41, 5.74) is 2.39. The first-order valence-corrected chi connectivity index (χ1v) is 8.35. The van der Waals surface area contributed by atoms with Crippen molar-refractivity contribution in [3.05, 3.63) is 24.0 Å². The van der Waals surface area contributed by atoms with Crippen LogP contribution in [0.1, 0.15) is 25.3 Å². The van der Waals surface area contributed by atoms with E-state index in [4.69, 9.17) is 4.74 Å². The van der Waals surface area contributed by atoms with Crippen molar-refractivity contribution < 1.29 is 9.53 Å². The van der Waals surface area contributed by atoms with E-state index < -0.39 is 0 Å². The van der Waals surface area contributed by atoms with Crippen molar-refractivity contribution in [2.75, 3.05) is 44.8 Å². The van der Waals surface area contributed by atoms with Crippen molar-refractivity contribution in [2.45, 2.75) is 32.7 Å². The van der Waals surface area contributed by atoms with Gasteiger partial charge in [-0.2, -0.15) is 0 Å². The van der Waals surface area contributed by atoms with Crippen molar-refractivity contribution in [3.63, 3.8) is 0 Å². The third-order valence-electron chi connectivity index (χ3n) is 4.30. The van der Waals surface area contributed by atoms with Crippen LogP contribution in [-0.2, 0) is 4.74 Å². The molecule has 1 aromatic rings. The number of rotatable bonds is 5. The topological polar surface area (TPSA) is 57.7 Å². The Kier molecular flexibility index (Phi) is 6.65. The molecule has 0 aliphatic carbocycles. The molecule has 1 saturated heterocycles. The molecule has 0 unspecified atom stereocenters. The molecule has 6 heteroatoms. The Morgan fingerprint density at radius 3 is 2.91 bits per heavy atom. The summed E-state index contributed by atoms with van der Waals surface area (Å²) in [4.78, 5) is 20.8. The van der Waals surface area contributed by atoms with Gasteiger partial charge in [-0.05, 0) is 31.4 Å². The number of nitrogens with one attached hydrogen (secondary N) is 1. The maximum Gasteiger partial charge on any atom is 0.317 e. The van der Waals surface area contributed by atoms with Crippen LogP contribution < -0.4 is 10.2 Å². The zero-order valence-corrected chi connectivity index (χ0v) is 14.4. The van der Waals surface area contributed by atoms with E-state index in [1.54, 1.807) is 7.11 Å². The maximum absolute atomic E-state index is 12.4. The highest BCUT2D eigenvalue weighted by Gasteiger charge is 2.21. The minimum Gasteiger partial charge on any atom is -0.383 e. The van der Waals surface area contributed by atoms with Crippen molar-refractivity contribution in [1.29, 1.82) is 0 Å². The highest BCUT2D eigenvalue weighted by molar-refractivity contribution is 5.74. The fourth-order valence-electron chi connectivity index (χ4n) is 2.91. The Labute approximate surface area is 138 Å². The first-order valence-electron chi connectivity index (χ1n) is 8.35. The van der Waals surface area contributed by atoms with E-state index in [0.29, 0.717) is 6.61 Å². The molecule has 2 amide bonds. The van der Waals surface area contributed by atoms with Crippen LogP contribution in [0.4, 0.5) is 10.5 Å². The average molecular weight is 320 g/mol. The largest absolute Gasteiger partial charge is 0.383 e. The minimum absolute atomic E-state index is 0.0159. The normalized spacial score (nSPS) is 16.8. The average Bonchev–Trinajstić information content (AvgIpc) is 2.81. The second-order valence-electron chi connectivity index (χ2n) is 6.00. The van der Waals surface area contributed by atoms with Gasteiger partial charge in [0.25, 0.3) is 0 Å². The van der Waals surface area contributed by atoms with Gasteiger partial charge in [-0.1, -0.05) is 6.92 Å². The number of amides is 2. The summed E-state index contributed by atoms with van der Waals surface area (Å²) in [6, 6.07) is 2.15. The molecule has 0 radical (unpaired) electrons. The highest BCUT2D eigenvalue weighted by Crippen LogP contribution is 2.20. The Balaban J connectivity index is 1.93. The standard InChI is InChI=1S/C17H28N4O2/c1-4-15(13-23-3)19-17(22)21-9-5-8-20(10-11-21)16-6-7-18-12-14(16)2/h6-7,12,15H,4-5,8-11,13H2,1-3H3,(H,19,22)/t15-/m1/s1. The van der Waals surface area contributed by atoms with Crippen LogP contribution in [-0.4, -0.2) is 61.9 Å². The van der Waals surface area contributed by atoms with Crippen LogP contribution >= 0.6 is 0 Å². The van der Waals surface area contributed by atoms with E-state index in [9.17, 15) is 4.79 Å². The molecule has 6 nitrogen and oxygen atoms in total. The molecule has 1 atom stereocenters. The van der Waals surface area contributed by atoms with Gasteiger partial charge in [-0.3, -0.25) is 4.98 Å². The van der Waals surface area contributed by atoms with Crippen LogP contribution in [0.2, 0.25) is 0 Å². The zero-order valence-electron chi connectivity index (χ0n) is 14.4. The second kappa shape index (κ2) is 8.72. The summed E-state index contributed by atoms with van der Waals surface area (Å²) in [5, 5.41) is 3.06. The molecule has 2 heterocycles. The van der Waals surface area contributed by atoms with E-state index in [1.165, 1.54) is 11.3 Å². The molecule has 0 spiro atoms. The summed E-state index contributed by atoms with van der Waals surface area (Å²) in [5.74, 6) is 0. The third-order valence-corrected chi connectivity index (χ3v) is 4.30. The number of aromatic nitrogens is 1. The Morgan fingerprint density at radius 2 is 2.22 bits per heavy atom. The molecule has 1 aliphatic heterocycles. The molecular formula is C17H28N4O2. The quantitative estimate of drug-likeness (QED) is 0.902. The van der Waals surface area contributed by atoms with Crippen molar-refractivity contribution >= 4 is 11.7 Å². The van der Waals surface area contributed by atoms with E-state index >= 15 is 0 Å². The molecule has 2 rings (SSSR count). The van der Waals surface area contributed by atoms with Crippen molar-refractivity contribution in [3.8, 4) is 0 Å². The van der Waals surface area contributed by atoms with Crippen LogP contribution in [0.5, 0.6) is 0 Å². The molecule has 1 aromatic heterocycles. The van der Waals surface area contributed by atoms with E-state index in [1.807, 2.05) is 17.3 Å². The number of hydrogen-bond acceptors (Lipinski definition) is 4. The molecular weight excluding hydrogens is 292 g/mol. The monoisotopic (exact) mass is 320 g/mol. The van der Waals surface area contributed by atoms with Crippen LogP contribution in [0.15, 0.2) is 18.5 Å². The van der Waals surface area contributed by atoms with Gasteiger partial charge in [-0.15, -0.1) is 0 Å². The SMILES string of the molecule is CC[C@H](COC)NC(=O)N1CCCN(c2ccncc2C)CC1.